The molecule has 1 amide bonds. The summed E-state index contributed by atoms with van der Waals surface area (Å²) in [5.74, 6) is -0.215. The summed E-state index contributed by atoms with van der Waals surface area (Å²) in [6, 6.07) is -0.750. The third-order valence-corrected chi connectivity index (χ3v) is 8.51. The van der Waals surface area contributed by atoms with Crippen molar-refractivity contribution < 1.29 is 39.8 Å². The summed E-state index contributed by atoms with van der Waals surface area (Å²) in [5.41, 5.74) is 0. The van der Waals surface area contributed by atoms with Crippen LogP contribution in [-0.2, 0) is 14.3 Å². The zero-order valence-electron chi connectivity index (χ0n) is 31.3. The molecule has 9 heteroatoms. The Morgan fingerprint density at radius 2 is 1.20 bits per heavy atom. The van der Waals surface area contributed by atoms with Crippen molar-refractivity contribution in [3.05, 3.63) is 85.1 Å². The highest BCUT2D eigenvalue weighted by Crippen LogP contribution is 2.22. The second-order valence-electron chi connectivity index (χ2n) is 13.0. The normalized spacial score (nSPS) is 23.0. The number of hydrogen-bond donors (Lipinski definition) is 6. The van der Waals surface area contributed by atoms with Gasteiger partial charge in [-0.25, -0.2) is 0 Å². The van der Waals surface area contributed by atoms with E-state index in [-0.39, 0.29) is 18.9 Å². The molecule has 0 aromatic heterocycles. The zero-order chi connectivity index (χ0) is 37.4. The van der Waals surface area contributed by atoms with Crippen molar-refractivity contribution in [2.75, 3.05) is 13.2 Å². The molecule has 0 saturated carbocycles. The van der Waals surface area contributed by atoms with Gasteiger partial charge >= 0.3 is 0 Å². The van der Waals surface area contributed by atoms with Crippen LogP contribution in [-0.4, -0.2) is 87.5 Å². The molecular formula is C42H69NO8. The van der Waals surface area contributed by atoms with Crippen LogP contribution in [0.3, 0.4) is 0 Å². The molecule has 1 fully saturated rings. The van der Waals surface area contributed by atoms with Crippen molar-refractivity contribution in [3.8, 4) is 0 Å². The average Bonchev–Trinajstić information content (AvgIpc) is 3.13. The summed E-state index contributed by atoms with van der Waals surface area (Å²) in [5, 5.41) is 53.6. The summed E-state index contributed by atoms with van der Waals surface area (Å²) >= 11 is 0. The predicted octanol–water partition coefficient (Wildman–Crippen LogP) is 6.82. The second kappa shape index (κ2) is 32.1. The van der Waals surface area contributed by atoms with Gasteiger partial charge in [0.25, 0.3) is 0 Å². The molecule has 0 bridgehead atoms. The molecule has 0 aromatic carbocycles. The van der Waals surface area contributed by atoms with Gasteiger partial charge in [-0.3, -0.25) is 4.79 Å². The fraction of sp³-hybridized carbons (Fsp3) is 0.643. The van der Waals surface area contributed by atoms with Crippen LogP contribution in [0.15, 0.2) is 85.1 Å². The highest BCUT2D eigenvalue weighted by atomic mass is 16.7. The summed E-state index contributed by atoms with van der Waals surface area (Å²) in [4.78, 5) is 12.8. The van der Waals surface area contributed by atoms with Gasteiger partial charge < -0.3 is 40.3 Å². The Morgan fingerprint density at radius 3 is 1.71 bits per heavy atom. The average molecular weight is 716 g/mol. The van der Waals surface area contributed by atoms with E-state index in [0.717, 1.165) is 83.5 Å². The number of aliphatic hydroxyl groups excluding tert-OH is 5. The smallest absolute Gasteiger partial charge is 0.220 e. The van der Waals surface area contributed by atoms with E-state index in [1.807, 2.05) is 0 Å². The van der Waals surface area contributed by atoms with Gasteiger partial charge in [0.1, 0.15) is 24.4 Å². The Labute approximate surface area is 308 Å². The third-order valence-electron chi connectivity index (χ3n) is 8.51. The van der Waals surface area contributed by atoms with E-state index in [0.29, 0.717) is 12.8 Å². The van der Waals surface area contributed by atoms with Crippen LogP contribution < -0.4 is 5.32 Å². The number of carbonyl (C=O) groups excluding carboxylic acids is 1. The van der Waals surface area contributed by atoms with Crippen molar-refractivity contribution in [2.24, 2.45) is 0 Å². The van der Waals surface area contributed by atoms with E-state index in [4.69, 9.17) is 9.47 Å². The predicted molar refractivity (Wildman–Crippen MR) is 207 cm³/mol. The van der Waals surface area contributed by atoms with Gasteiger partial charge in [0.15, 0.2) is 6.29 Å². The van der Waals surface area contributed by atoms with Crippen LogP contribution in [0.25, 0.3) is 0 Å². The SMILES string of the molecule is CC/C=C\C/C=C\C/C=C\C/C=C\C/C=C\C/C=C\C/C=C\CCCC(=O)NC(COC1OC(CO)C(O)C(O)C1O)C(O)CCCCCCC. The van der Waals surface area contributed by atoms with Crippen LogP contribution in [0.1, 0.15) is 117 Å². The third kappa shape index (κ3) is 23.5. The maximum atomic E-state index is 12.8. The molecule has 0 radical (unpaired) electrons. The minimum Gasteiger partial charge on any atom is -0.394 e. The first-order valence-electron chi connectivity index (χ1n) is 19.3. The molecule has 9 nitrogen and oxygen atoms in total. The fourth-order valence-corrected chi connectivity index (χ4v) is 5.38. The van der Waals surface area contributed by atoms with E-state index in [1.54, 1.807) is 0 Å². The lowest BCUT2D eigenvalue weighted by Crippen LogP contribution is -2.60. The topological polar surface area (TPSA) is 149 Å². The van der Waals surface area contributed by atoms with E-state index in [1.165, 1.54) is 0 Å². The van der Waals surface area contributed by atoms with E-state index < -0.39 is 49.5 Å². The lowest BCUT2D eigenvalue weighted by atomic mass is 9.99. The summed E-state index contributed by atoms with van der Waals surface area (Å²) in [6.07, 6.45) is 36.4. The van der Waals surface area contributed by atoms with Gasteiger partial charge in [0, 0.05) is 6.42 Å². The van der Waals surface area contributed by atoms with Crippen molar-refractivity contribution in [1.29, 1.82) is 0 Å². The molecule has 6 N–H and O–H groups in total. The van der Waals surface area contributed by atoms with Gasteiger partial charge in [0.05, 0.1) is 25.4 Å². The number of nitrogens with one attached hydrogen (secondary N) is 1. The van der Waals surface area contributed by atoms with Crippen LogP contribution in [0.5, 0.6) is 0 Å². The van der Waals surface area contributed by atoms with Gasteiger partial charge in [-0.05, 0) is 64.2 Å². The minimum absolute atomic E-state index is 0.170. The number of aliphatic hydroxyl groups is 5. The minimum atomic E-state index is -1.56. The van der Waals surface area contributed by atoms with Crippen molar-refractivity contribution >= 4 is 5.91 Å². The van der Waals surface area contributed by atoms with Crippen molar-refractivity contribution in [3.63, 3.8) is 0 Å². The molecule has 1 saturated heterocycles. The summed E-state index contributed by atoms with van der Waals surface area (Å²) < 4.78 is 11.1. The molecule has 7 unspecified atom stereocenters. The largest absolute Gasteiger partial charge is 0.394 e. The first-order valence-corrected chi connectivity index (χ1v) is 19.3. The molecule has 1 rings (SSSR count). The maximum Gasteiger partial charge on any atom is 0.220 e. The lowest BCUT2D eigenvalue weighted by molar-refractivity contribution is -0.302. The van der Waals surface area contributed by atoms with Crippen LogP contribution >= 0.6 is 0 Å². The maximum absolute atomic E-state index is 12.8. The first-order chi connectivity index (χ1) is 24.8. The Bertz CT molecular complexity index is 1060. The second-order valence-corrected chi connectivity index (χ2v) is 13.0. The van der Waals surface area contributed by atoms with E-state index in [9.17, 15) is 30.3 Å². The molecule has 0 spiro atoms. The number of rotatable bonds is 29. The van der Waals surface area contributed by atoms with Gasteiger partial charge in [0.2, 0.25) is 5.91 Å². The molecule has 0 aromatic rings. The van der Waals surface area contributed by atoms with Crippen LogP contribution in [0.4, 0.5) is 0 Å². The molecule has 290 valence electrons. The number of allylic oxidation sites excluding steroid dienone is 14. The van der Waals surface area contributed by atoms with E-state index >= 15 is 0 Å². The van der Waals surface area contributed by atoms with Gasteiger partial charge in [-0.1, -0.05) is 131 Å². The number of ether oxygens (including phenoxy) is 2. The summed E-state index contributed by atoms with van der Waals surface area (Å²) in [6.45, 7) is 3.55. The van der Waals surface area contributed by atoms with Crippen LogP contribution in [0, 0.1) is 0 Å². The molecule has 51 heavy (non-hydrogen) atoms. The summed E-state index contributed by atoms with van der Waals surface area (Å²) in [7, 11) is 0. The number of carbonyl (C=O) groups is 1. The quantitative estimate of drug-likeness (QED) is 0.0365. The monoisotopic (exact) mass is 716 g/mol. The standard InChI is InChI=1S/C42H69NO8/c1-3-5-7-9-10-11-12-13-14-15-16-17-18-19-20-21-22-23-24-25-26-28-30-32-38(46)43-35(36(45)31-29-27-8-6-4-2)34-50-42-41(49)40(48)39(47)37(33-44)51-42/h5,7,10-11,13-14,16-17,19-20,22-23,25-26,35-37,39-42,44-45,47-49H,3-4,6,8-9,12,15,18,21,24,27-34H2,1-2H3,(H,43,46)/b7-5-,11-10-,14-13-,17-16-,20-19-,23-22-,26-25-. The molecular weight excluding hydrogens is 646 g/mol. The number of hydrogen-bond acceptors (Lipinski definition) is 8. The van der Waals surface area contributed by atoms with Crippen molar-refractivity contribution in [2.45, 2.75) is 159 Å². The molecule has 1 aliphatic heterocycles. The highest BCUT2D eigenvalue weighted by molar-refractivity contribution is 5.76. The molecule has 1 aliphatic rings. The molecule has 0 aliphatic carbocycles. The molecule has 1 heterocycles. The highest BCUT2D eigenvalue weighted by Gasteiger charge is 2.44. The Hall–Kier alpha value is -2.63. The van der Waals surface area contributed by atoms with Crippen molar-refractivity contribution in [1.82, 2.24) is 5.32 Å². The van der Waals surface area contributed by atoms with Gasteiger partial charge in [-0.2, -0.15) is 0 Å². The lowest BCUT2D eigenvalue weighted by Gasteiger charge is -2.40. The molecule has 7 atom stereocenters. The number of amides is 1. The Balaban J connectivity index is 2.33. The fourth-order valence-electron chi connectivity index (χ4n) is 5.38. The van der Waals surface area contributed by atoms with Crippen LogP contribution in [0.2, 0.25) is 0 Å². The van der Waals surface area contributed by atoms with E-state index in [2.05, 4.69) is 104 Å². The van der Waals surface area contributed by atoms with Gasteiger partial charge in [-0.15, -0.1) is 0 Å². The zero-order valence-corrected chi connectivity index (χ0v) is 31.3. The number of unbranched alkanes of at least 4 members (excludes halogenated alkanes) is 5. The first kappa shape index (κ1) is 46.4. The Morgan fingerprint density at radius 1 is 0.686 bits per heavy atom. The Kier molecular flexibility index (Phi) is 29.2.